The highest BCUT2D eigenvalue weighted by Crippen LogP contribution is 2.20. The Kier molecular flexibility index (Phi) is 2.04. The van der Waals surface area contributed by atoms with Crippen LogP contribution in [0, 0.1) is 5.82 Å². The highest BCUT2D eigenvalue weighted by Gasteiger charge is 2.06. The van der Waals surface area contributed by atoms with Crippen molar-refractivity contribution >= 4 is 17.0 Å². The Balaban J connectivity index is 2.18. The van der Waals surface area contributed by atoms with Crippen LogP contribution in [0.4, 0.5) is 10.2 Å². The van der Waals surface area contributed by atoms with Gasteiger partial charge in [-0.15, -0.1) is 0 Å². The number of benzene rings is 1. The number of imidazole rings is 1. The molecule has 3 aromatic rings. The third kappa shape index (κ3) is 1.71. The zero-order valence-electron chi connectivity index (χ0n) is 8.81. The molecule has 0 spiro atoms. The summed E-state index contributed by atoms with van der Waals surface area (Å²) in [6, 6.07) is 9.72. The van der Waals surface area contributed by atoms with Crippen molar-refractivity contribution in [2.24, 2.45) is 0 Å². The summed E-state index contributed by atoms with van der Waals surface area (Å²) in [5, 5.41) is 0. The minimum absolute atomic E-state index is 0.296. The van der Waals surface area contributed by atoms with Gasteiger partial charge in [-0.05, 0) is 24.3 Å². The second-order valence-electron chi connectivity index (χ2n) is 3.70. The quantitative estimate of drug-likeness (QED) is 0.671. The van der Waals surface area contributed by atoms with Gasteiger partial charge in [-0.2, -0.15) is 0 Å². The van der Waals surface area contributed by atoms with Crippen LogP contribution in [-0.4, -0.2) is 15.0 Å². The standard InChI is InChI=1S/C12H9FN4/c13-8-3-1-2-7(6-8)11-15-9-4-5-10(14)16-12(9)17-11/h1-6H,(H3,14,15,16,17). The molecule has 0 unspecified atom stereocenters. The zero-order valence-corrected chi connectivity index (χ0v) is 8.81. The summed E-state index contributed by atoms with van der Waals surface area (Å²) in [6.45, 7) is 0. The normalized spacial score (nSPS) is 10.9. The van der Waals surface area contributed by atoms with Gasteiger partial charge in [-0.25, -0.2) is 14.4 Å². The van der Waals surface area contributed by atoms with Crippen molar-refractivity contribution in [2.45, 2.75) is 0 Å². The van der Waals surface area contributed by atoms with Gasteiger partial charge in [-0.3, -0.25) is 0 Å². The van der Waals surface area contributed by atoms with Gasteiger partial charge in [0.1, 0.15) is 17.5 Å². The molecule has 0 aliphatic heterocycles. The summed E-state index contributed by atoms with van der Waals surface area (Å²) in [4.78, 5) is 11.4. The number of H-pyrrole nitrogens is 1. The first-order valence-corrected chi connectivity index (χ1v) is 5.10. The molecule has 3 rings (SSSR count). The number of nitrogen functional groups attached to an aromatic ring is 1. The lowest BCUT2D eigenvalue weighted by atomic mass is 10.2. The van der Waals surface area contributed by atoms with Gasteiger partial charge in [-0.1, -0.05) is 12.1 Å². The number of halogens is 1. The van der Waals surface area contributed by atoms with E-state index < -0.39 is 0 Å². The van der Waals surface area contributed by atoms with Crippen molar-refractivity contribution in [3.8, 4) is 11.4 Å². The number of anilines is 1. The molecular weight excluding hydrogens is 219 g/mol. The van der Waals surface area contributed by atoms with E-state index in [1.54, 1.807) is 24.3 Å². The molecule has 84 valence electrons. The molecular formula is C12H9FN4. The summed E-state index contributed by atoms with van der Waals surface area (Å²) in [5.74, 6) is 0.697. The van der Waals surface area contributed by atoms with E-state index in [4.69, 9.17) is 5.73 Å². The topological polar surface area (TPSA) is 67.6 Å². The van der Waals surface area contributed by atoms with Crippen molar-refractivity contribution in [3.63, 3.8) is 0 Å². The Morgan fingerprint density at radius 2 is 2.00 bits per heavy atom. The van der Waals surface area contributed by atoms with Gasteiger partial charge >= 0.3 is 0 Å². The maximum absolute atomic E-state index is 13.1. The third-order valence-corrected chi connectivity index (χ3v) is 2.47. The molecule has 2 aromatic heterocycles. The third-order valence-electron chi connectivity index (χ3n) is 2.47. The number of hydrogen-bond donors (Lipinski definition) is 2. The van der Waals surface area contributed by atoms with Gasteiger partial charge in [0.05, 0.1) is 5.52 Å². The highest BCUT2D eigenvalue weighted by molar-refractivity contribution is 5.77. The average Bonchev–Trinajstić information content (AvgIpc) is 2.72. The Labute approximate surface area is 96.3 Å². The van der Waals surface area contributed by atoms with Gasteiger partial charge < -0.3 is 10.7 Å². The Morgan fingerprint density at radius 1 is 1.12 bits per heavy atom. The molecule has 0 saturated carbocycles. The Morgan fingerprint density at radius 3 is 2.82 bits per heavy atom. The van der Waals surface area contributed by atoms with Crippen LogP contribution in [0.2, 0.25) is 0 Å². The van der Waals surface area contributed by atoms with Crippen molar-refractivity contribution in [3.05, 3.63) is 42.2 Å². The maximum atomic E-state index is 13.1. The predicted octanol–water partition coefficient (Wildman–Crippen LogP) is 2.35. The van der Waals surface area contributed by atoms with Gasteiger partial charge in [0.2, 0.25) is 0 Å². The largest absolute Gasteiger partial charge is 0.384 e. The highest BCUT2D eigenvalue weighted by atomic mass is 19.1. The number of pyridine rings is 1. The molecule has 0 aliphatic rings. The van der Waals surface area contributed by atoms with Crippen LogP contribution in [0.15, 0.2) is 36.4 Å². The van der Waals surface area contributed by atoms with E-state index in [1.165, 1.54) is 12.1 Å². The molecule has 0 amide bonds. The predicted molar refractivity (Wildman–Crippen MR) is 63.7 cm³/mol. The molecule has 0 saturated heterocycles. The van der Waals surface area contributed by atoms with E-state index >= 15 is 0 Å². The molecule has 17 heavy (non-hydrogen) atoms. The fourth-order valence-electron chi connectivity index (χ4n) is 1.68. The van der Waals surface area contributed by atoms with Crippen LogP contribution in [0.3, 0.4) is 0 Å². The first-order valence-electron chi connectivity index (χ1n) is 5.10. The van der Waals surface area contributed by atoms with E-state index in [0.717, 1.165) is 5.52 Å². The van der Waals surface area contributed by atoms with Crippen molar-refractivity contribution < 1.29 is 4.39 Å². The fourth-order valence-corrected chi connectivity index (χ4v) is 1.68. The minimum Gasteiger partial charge on any atom is -0.384 e. The second-order valence-corrected chi connectivity index (χ2v) is 3.70. The summed E-state index contributed by atoms with van der Waals surface area (Å²) in [5.41, 5.74) is 7.56. The number of nitrogens with zero attached hydrogens (tertiary/aromatic N) is 2. The number of aromatic amines is 1. The lowest BCUT2D eigenvalue weighted by Crippen LogP contribution is -1.88. The average molecular weight is 228 g/mol. The molecule has 0 bridgehead atoms. The zero-order chi connectivity index (χ0) is 11.8. The van der Waals surface area contributed by atoms with E-state index in [0.29, 0.717) is 22.9 Å². The first kappa shape index (κ1) is 9.77. The molecule has 0 aliphatic carbocycles. The van der Waals surface area contributed by atoms with Gasteiger partial charge in [0.15, 0.2) is 5.65 Å². The van der Waals surface area contributed by atoms with Crippen LogP contribution in [-0.2, 0) is 0 Å². The number of fused-ring (bicyclic) bond motifs is 1. The summed E-state index contributed by atoms with van der Waals surface area (Å²) in [7, 11) is 0. The number of aromatic nitrogens is 3. The van der Waals surface area contributed by atoms with E-state index in [-0.39, 0.29) is 5.82 Å². The van der Waals surface area contributed by atoms with Crippen LogP contribution in [0.5, 0.6) is 0 Å². The smallest absolute Gasteiger partial charge is 0.180 e. The van der Waals surface area contributed by atoms with Crippen LogP contribution < -0.4 is 5.73 Å². The Hall–Kier alpha value is -2.43. The molecule has 3 N–H and O–H groups in total. The monoisotopic (exact) mass is 228 g/mol. The van der Waals surface area contributed by atoms with Crippen LogP contribution in [0.25, 0.3) is 22.6 Å². The van der Waals surface area contributed by atoms with Crippen molar-refractivity contribution in [1.29, 1.82) is 0 Å². The number of hydrogen-bond acceptors (Lipinski definition) is 3. The number of nitrogens with one attached hydrogen (secondary N) is 1. The van der Waals surface area contributed by atoms with E-state index in [1.807, 2.05) is 0 Å². The molecule has 4 nitrogen and oxygen atoms in total. The van der Waals surface area contributed by atoms with E-state index in [9.17, 15) is 4.39 Å². The summed E-state index contributed by atoms with van der Waals surface area (Å²) < 4.78 is 13.1. The SMILES string of the molecule is Nc1ccc2[nH]c(-c3cccc(F)c3)nc2n1. The Bertz CT molecular complexity index is 690. The van der Waals surface area contributed by atoms with Crippen LogP contribution in [0.1, 0.15) is 0 Å². The summed E-state index contributed by atoms with van der Waals surface area (Å²) >= 11 is 0. The maximum Gasteiger partial charge on any atom is 0.180 e. The molecule has 0 fully saturated rings. The molecule has 0 atom stereocenters. The van der Waals surface area contributed by atoms with Gasteiger partial charge in [0.25, 0.3) is 0 Å². The number of rotatable bonds is 1. The van der Waals surface area contributed by atoms with Crippen LogP contribution >= 0.6 is 0 Å². The van der Waals surface area contributed by atoms with E-state index in [2.05, 4.69) is 15.0 Å². The first-order chi connectivity index (χ1) is 8.22. The van der Waals surface area contributed by atoms with Crippen molar-refractivity contribution in [1.82, 2.24) is 15.0 Å². The number of nitrogens with two attached hydrogens (primary N) is 1. The molecule has 0 radical (unpaired) electrons. The molecule has 5 heteroatoms. The summed E-state index contributed by atoms with van der Waals surface area (Å²) in [6.07, 6.45) is 0. The lowest BCUT2D eigenvalue weighted by Gasteiger charge is -1.95. The molecule has 1 aromatic carbocycles. The van der Waals surface area contributed by atoms with Crippen molar-refractivity contribution in [2.75, 3.05) is 5.73 Å². The minimum atomic E-state index is -0.296. The molecule has 2 heterocycles. The second kappa shape index (κ2) is 3.55. The fraction of sp³-hybridized carbons (Fsp3) is 0. The van der Waals surface area contributed by atoms with Gasteiger partial charge in [0, 0.05) is 5.56 Å². The lowest BCUT2D eigenvalue weighted by molar-refractivity contribution is 0.628.